The largest absolute Gasteiger partial charge is 0.479 e. The Balaban J connectivity index is 2.90. The number of carboxylic acids is 1. The topological polar surface area (TPSA) is 69.6 Å². The second-order valence-electron chi connectivity index (χ2n) is 5.73. The van der Waals surface area contributed by atoms with Crippen LogP contribution in [0.1, 0.15) is 33.3 Å². The van der Waals surface area contributed by atoms with E-state index in [4.69, 9.17) is 5.11 Å². The number of anilines is 1. The minimum Gasteiger partial charge on any atom is -0.479 e. The second-order valence-corrected chi connectivity index (χ2v) is 5.73. The van der Waals surface area contributed by atoms with E-state index in [0.29, 0.717) is 0 Å². The molecule has 1 aromatic carbocycles. The summed E-state index contributed by atoms with van der Waals surface area (Å²) < 4.78 is 0. The Morgan fingerprint density at radius 2 is 1.78 bits per heavy atom. The molecule has 0 spiro atoms. The van der Waals surface area contributed by atoms with Crippen LogP contribution in [0.15, 0.2) is 24.3 Å². The highest BCUT2D eigenvalue weighted by Gasteiger charge is 2.30. The van der Waals surface area contributed by atoms with Crippen LogP contribution in [0.4, 0.5) is 5.69 Å². The van der Waals surface area contributed by atoms with Crippen LogP contribution in [0.3, 0.4) is 0 Å². The molecule has 1 aromatic rings. The molecule has 0 aliphatic heterocycles. The Hall–Kier alpha value is -1.55. The molecule has 18 heavy (non-hydrogen) atoms. The minimum atomic E-state index is -1.77. The van der Waals surface area contributed by atoms with E-state index in [1.54, 1.807) is 0 Å². The number of carbonyl (C=O) groups is 1. The summed E-state index contributed by atoms with van der Waals surface area (Å²) in [5, 5.41) is 21.6. The number of aliphatic hydroxyl groups is 1. The summed E-state index contributed by atoms with van der Waals surface area (Å²) in [7, 11) is 0. The van der Waals surface area contributed by atoms with E-state index in [-0.39, 0.29) is 12.0 Å². The molecule has 1 unspecified atom stereocenters. The third-order valence-electron chi connectivity index (χ3n) is 2.82. The van der Waals surface area contributed by atoms with Crippen molar-refractivity contribution in [3.63, 3.8) is 0 Å². The molecule has 0 saturated carbocycles. The van der Waals surface area contributed by atoms with Gasteiger partial charge in [-0.3, -0.25) is 0 Å². The van der Waals surface area contributed by atoms with Crippen molar-refractivity contribution in [3.05, 3.63) is 29.8 Å². The van der Waals surface area contributed by atoms with E-state index in [9.17, 15) is 9.90 Å². The van der Waals surface area contributed by atoms with Crippen LogP contribution in [0, 0.1) is 0 Å². The molecule has 0 radical (unpaired) electrons. The van der Waals surface area contributed by atoms with Crippen LogP contribution in [-0.2, 0) is 10.2 Å². The van der Waals surface area contributed by atoms with Gasteiger partial charge in [-0.25, -0.2) is 4.79 Å². The van der Waals surface area contributed by atoms with E-state index in [1.807, 2.05) is 24.3 Å². The van der Waals surface area contributed by atoms with Gasteiger partial charge >= 0.3 is 5.97 Å². The Labute approximate surface area is 108 Å². The van der Waals surface area contributed by atoms with Gasteiger partial charge in [0.15, 0.2) is 5.60 Å². The molecule has 3 N–H and O–H groups in total. The van der Waals surface area contributed by atoms with Crippen LogP contribution in [-0.4, -0.2) is 28.3 Å². The predicted molar refractivity (Wildman–Crippen MR) is 71.9 cm³/mol. The van der Waals surface area contributed by atoms with Crippen LogP contribution in [0.25, 0.3) is 0 Å². The van der Waals surface area contributed by atoms with Crippen molar-refractivity contribution in [2.45, 2.75) is 38.7 Å². The van der Waals surface area contributed by atoms with Gasteiger partial charge < -0.3 is 15.5 Å². The molecule has 0 aromatic heterocycles. The lowest BCUT2D eigenvalue weighted by molar-refractivity contribution is -0.155. The van der Waals surface area contributed by atoms with E-state index < -0.39 is 11.6 Å². The van der Waals surface area contributed by atoms with Crippen molar-refractivity contribution in [1.29, 1.82) is 0 Å². The monoisotopic (exact) mass is 251 g/mol. The Kier molecular flexibility index (Phi) is 4.02. The molecule has 0 heterocycles. The van der Waals surface area contributed by atoms with E-state index in [1.165, 1.54) is 6.92 Å². The van der Waals surface area contributed by atoms with E-state index in [2.05, 4.69) is 26.1 Å². The second kappa shape index (κ2) is 4.98. The van der Waals surface area contributed by atoms with Crippen molar-refractivity contribution >= 4 is 11.7 Å². The summed E-state index contributed by atoms with van der Waals surface area (Å²) in [5.41, 5.74) is 0.127. The fourth-order valence-electron chi connectivity index (χ4n) is 1.63. The Morgan fingerprint density at radius 3 is 2.28 bits per heavy atom. The molecule has 4 nitrogen and oxygen atoms in total. The van der Waals surface area contributed by atoms with Crippen LogP contribution < -0.4 is 5.32 Å². The SMILES string of the molecule is CC(O)(CNc1ccccc1C(C)(C)C)C(=O)O. The molecule has 0 bridgehead atoms. The molecule has 4 heteroatoms. The first kappa shape index (κ1) is 14.5. The number of aliphatic carboxylic acids is 1. The van der Waals surface area contributed by atoms with Crippen LogP contribution in [0.2, 0.25) is 0 Å². The molecule has 0 aliphatic carbocycles. The summed E-state index contributed by atoms with van der Waals surface area (Å²) in [4.78, 5) is 10.8. The summed E-state index contributed by atoms with van der Waals surface area (Å²) in [5.74, 6) is -1.23. The maximum atomic E-state index is 10.8. The number of rotatable bonds is 4. The average molecular weight is 251 g/mol. The maximum absolute atomic E-state index is 10.8. The lowest BCUT2D eigenvalue weighted by Gasteiger charge is -2.25. The van der Waals surface area contributed by atoms with Crippen LogP contribution in [0.5, 0.6) is 0 Å². The summed E-state index contributed by atoms with van der Waals surface area (Å²) in [6.07, 6.45) is 0. The van der Waals surface area contributed by atoms with Crippen molar-refractivity contribution in [1.82, 2.24) is 0 Å². The van der Waals surface area contributed by atoms with Gasteiger partial charge in [0.2, 0.25) is 0 Å². The van der Waals surface area contributed by atoms with E-state index >= 15 is 0 Å². The number of carboxylic acid groups (broad SMARTS) is 1. The zero-order chi connectivity index (χ0) is 14.0. The third-order valence-corrected chi connectivity index (χ3v) is 2.82. The normalized spacial score (nSPS) is 14.9. The summed E-state index contributed by atoms with van der Waals surface area (Å²) >= 11 is 0. The highest BCUT2D eigenvalue weighted by molar-refractivity contribution is 5.77. The number of benzene rings is 1. The standard InChI is InChI=1S/C14H21NO3/c1-13(2,3)10-7-5-6-8-11(10)15-9-14(4,18)12(16)17/h5-8,15,18H,9H2,1-4H3,(H,16,17). The van der Waals surface area contributed by atoms with E-state index in [0.717, 1.165) is 11.3 Å². The molecular formula is C14H21NO3. The van der Waals surface area contributed by atoms with Gasteiger partial charge in [0.05, 0.1) is 6.54 Å². The maximum Gasteiger partial charge on any atom is 0.337 e. The van der Waals surface area contributed by atoms with Gasteiger partial charge in [0, 0.05) is 5.69 Å². The van der Waals surface area contributed by atoms with Crippen molar-refractivity contribution in [3.8, 4) is 0 Å². The summed E-state index contributed by atoms with van der Waals surface area (Å²) in [6.45, 7) is 7.51. The fourth-order valence-corrected chi connectivity index (χ4v) is 1.63. The minimum absolute atomic E-state index is 0.0323. The van der Waals surface area contributed by atoms with Gasteiger partial charge in [-0.2, -0.15) is 0 Å². The highest BCUT2D eigenvalue weighted by atomic mass is 16.4. The first-order valence-corrected chi connectivity index (χ1v) is 5.94. The smallest absolute Gasteiger partial charge is 0.337 e. The number of para-hydroxylation sites is 1. The molecule has 0 amide bonds. The highest BCUT2D eigenvalue weighted by Crippen LogP contribution is 2.29. The number of hydrogen-bond acceptors (Lipinski definition) is 3. The lowest BCUT2D eigenvalue weighted by Crippen LogP contribution is -2.42. The van der Waals surface area contributed by atoms with Gasteiger partial charge in [-0.15, -0.1) is 0 Å². The quantitative estimate of drug-likeness (QED) is 0.767. The molecule has 0 saturated heterocycles. The lowest BCUT2D eigenvalue weighted by atomic mass is 9.85. The Morgan fingerprint density at radius 1 is 1.22 bits per heavy atom. The molecule has 0 fully saturated rings. The van der Waals surface area contributed by atoms with Gasteiger partial charge in [0.1, 0.15) is 0 Å². The first-order chi connectivity index (χ1) is 8.14. The molecule has 1 atom stereocenters. The molecular weight excluding hydrogens is 230 g/mol. The molecule has 100 valence electrons. The predicted octanol–water partition coefficient (Wildman–Crippen LogP) is 2.23. The van der Waals surface area contributed by atoms with Crippen LogP contribution >= 0.6 is 0 Å². The number of nitrogens with one attached hydrogen (secondary N) is 1. The third kappa shape index (κ3) is 3.47. The van der Waals surface area contributed by atoms with Gasteiger partial charge in [0.25, 0.3) is 0 Å². The Bertz CT molecular complexity index is 433. The number of hydrogen-bond donors (Lipinski definition) is 3. The first-order valence-electron chi connectivity index (χ1n) is 5.94. The van der Waals surface area contributed by atoms with Gasteiger partial charge in [-0.1, -0.05) is 39.0 Å². The van der Waals surface area contributed by atoms with Gasteiger partial charge in [-0.05, 0) is 24.0 Å². The molecule has 0 aliphatic rings. The van der Waals surface area contributed by atoms with Crippen molar-refractivity contribution in [2.75, 3.05) is 11.9 Å². The zero-order valence-electron chi connectivity index (χ0n) is 11.3. The molecule has 1 rings (SSSR count). The fraction of sp³-hybridized carbons (Fsp3) is 0.500. The summed E-state index contributed by atoms with van der Waals surface area (Å²) in [6, 6.07) is 7.71. The average Bonchev–Trinajstić information content (AvgIpc) is 2.25. The van der Waals surface area contributed by atoms with Crippen molar-refractivity contribution in [2.24, 2.45) is 0 Å². The van der Waals surface area contributed by atoms with Crippen molar-refractivity contribution < 1.29 is 15.0 Å². The zero-order valence-corrected chi connectivity index (χ0v) is 11.3.